The minimum absolute atomic E-state index is 0. The molecule has 1 aromatic rings. The molecule has 0 aliphatic carbocycles. The van der Waals surface area contributed by atoms with Gasteiger partial charge in [0.05, 0.1) is 5.54 Å². The van der Waals surface area contributed by atoms with Crippen LogP contribution in [0, 0.1) is 0 Å². The van der Waals surface area contributed by atoms with E-state index in [9.17, 15) is 4.39 Å². The van der Waals surface area contributed by atoms with Gasteiger partial charge in [0, 0.05) is 0 Å². The topological polar surface area (TPSA) is 32.3 Å². The minimum atomic E-state index is -0.855. The van der Waals surface area contributed by atoms with Crippen LogP contribution in [0.2, 0.25) is 0 Å². The van der Waals surface area contributed by atoms with Gasteiger partial charge in [0.1, 0.15) is 11.9 Å². The molecule has 0 bridgehead atoms. The first-order chi connectivity index (χ1) is 6.63. The van der Waals surface area contributed by atoms with Gasteiger partial charge in [0.15, 0.2) is 0 Å². The summed E-state index contributed by atoms with van der Waals surface area (Å²) in [6.45, 7) is 2.57. The first-order valence-electron chi connectivity index (χ1n) is 4.81. The standard InChI is InChI=1S/C11H14FNO.ClH/c1-11(10(12)6-7-13-11)8-2-4-9(14)5-3-8;/h2-5,10,13-14H,6-7H2,1H3;1H. The largest absolute Gasteiger partial charge is 0.508 e. The van der Waals surface area contributed by atoms with Crippen molar-refractivity contribution >= 4 is 12.4 Å². The molecule has 0 spiro atoms. The smallest absolute Gasteiger partial charge is 0.123 e. The van der Waals surface area contributed by atoms with E-state index < -0.39 is 11.7 Å². The van der Waals surface area contributed by atoms with E-state index in [1.54, 1.807) is 24.3 Å². The fourth-order valence-corrected chi connectivity index (χ4v) is 1.95. The Hall–Kier alpha value is -0.800. The molecule has 0 amide bonds. The van der Waals surface area contributed by atoms with Gasteiger partial charge in [0.25, 0.3) is 0 Å². The Bertz CT molecular complexity index is 330. The Morgan fingerprint density at radius 3 is 2.47 bits per heavy atom. The van der Waals surface area contributed by atoms with E-state index in [-0.39, 0.29) is 18.2 Å². The van der Waals surface area contributed by atoms with Gasteiger partial charge in [-0.25, -0.2) is 4.39 Å². The van der Waals surface area contributed by atoms with E-state index in [0.29, 0.717) is 13.0 Å². The predicted octanol–water partition coefficient (Wildman–Crippen LogP) is 2.36. The van der Waals surface area contributed by atoms with Crippen LogP contribution < -0.4 is 5.32 Å². The summed E-state index contributed by atoms with van der Waals surface area (Å²) in [7, 11) is 0. The van der Waals surface area contributed by atoms with Crippen molar-refractivity contribution in [2.75, 3.05) is 6.54 Å². The number of aromatic hydroxyl groups is 1. The second-order valence-electron chi connectivity index (χ2n) is 3.93. The van der Waals surface area contributed by atoms with Crippen molar-refractivity contribution in [3.05, 3.63) is 29.8 Å². The van der Waals surface area contributed by atoms with Crippen LogP contribution in [-0.4, -0.2) is 17.8 Å². The van der Waals surface area contributed by atoms with Crippen molar-refractivity contribution in [3.63, 3.8) is 0 Å². The maximum Gasteiger partial charge on any atom is 0.123 e. The van der Waals surface area contributed by atoms with Gasteiger partial charge >= 0.3 is 0 Å². The zero-order valence-electron chi connectivity index (χ0n) is 8.53. The number of benzene rings is 1. The Morgan fingerprint density at radius 2 is 2.00 bits per heavy atom. The van der Waals surface area contributed by atoms with Gasteiger partial charge in [-0.3, -0.25) is 0 Å². The summed E-state index contributed by atoms with van der Waals surface area (Å²) in [6.07, 6.45) is -0.302. The lowest BCUT2D eigenvalue weighted by Gasteiger charge is -2.27. The van der Waals surface area contributed by atoms with Crippen LogP contribution in [-0.2, 0) is 5.54 Å². The summed E-state index contributed by atoms with van der Waals surface area (Å²) in [5.41, 5.74) is 0.300. The lowest BCUT2D eigenvalue weighted by Crippen LogP contribution is -2.39. The number of nitrogens with one attached hydrogen (secondary N) is 1. The highest BCUT2D eigenvalue weighted by Gasteiger charge is 2.40. The monoisotopic (exact) mass is 231 g/mol. The maximum atomic E-state index is 13.6. The Balaban J connectivity index is 0.00000112. The van der Waals surface area contributed by atoms with Crippen LogP contribution in [0.15, 0.2) is 24.3 Å². The van der Waals surface area contributed by atoms with E-state index in [2.05, 4.69) is 5.32 Å². The molecule has 0 saturated carbocycles. The van der Waals surface area contributed by atoms with Crippen molar-refractivity contribution < 1.29 is 9.50 Å². The number of alkyl halides is 1. The number of phenols is 1. The maximum absolute atomic E-state index is 13.6. The third kappa shape index (κ3) is 2.08. The molecule has 2 rings (SSSR count). The lowest BCUT2D eigenvalue weighted by atomic mass is 9.89. The summed E-state index contributed by atoms with van der Waals surface area (Å²) in [5, 5.41) is 12.3. The first-order valence-corrected chi connectivity index (χ1v) is 4.81. The van der Waals surface area contributed by atoms with Crippen molar-refractivity contribution in [1.82, 2.24) is 5.32 Å². The summed E-state index contributed by atoms with van der Waals surface area (Å²) in [4.78, 5) is 0. The molecule has 4 heteroatoms. The van der Waals surface area contributed by atoms with Crippen LogP contribution >= 0.6 is 12.4 Å². The number of halogens is 2. The summed E-state index contributed by atoms with van der Waals surface area (Å²) in [6, 6.07) is 6.71. The Kier molecular flexibility index (Phi) is 3.58. The highest BCUT2D eigenvalue weighted by Crippen LogP contribution is 2.33. The summed E-state index contributed by atoms with van der Waals surface area (Å²) < 4.78 is 13.6. The normalized spacial score (nSPS) is 29.9. The molecule has 15 heavy (non-hydrogen) atoms. The molecule has 0 radical (unpaired) electrons. The predicted molar refractivity (Wildman–Crippen MR) is 60.2 cm³/mol. The van der Waals surface area contributed by atoms with Crippen LogP contribution in [0.5, 0.6) is 5.75 Å². The fourth-order valence-electron chi connectivity index (χ4n) is 1.95. The van der Waals surface area contributed by atoms with E-state index in [1.165, 1.54) is 0 Å². The minimum Gasteiger partial charge on any atom is -0.508 e. The Morgan fingerprint density at radius 1 is 1.40 bits per heavy atom. The molecule has 1 saturated heterocycles. The molecule has 1 heterocycles. The molecule has 0 aromatic heterocycles. The van der Waals surface area contributed by atoms with Crippen molar-refractivity contribution in [2.24, 2.45) is 0 Å². The molecule has 1 aromatic carbocycles. The zero-order chi connectivity index (χ0) is 10.2. The quantitative estimate of drug-likeness (QED) is 0.778. The second-order valence-corrected chi connectivity index (χ2v) is 3.93. The average Bonchev–Trinajstić information content (AvgIpc) is 2.49. The average molecular weight is 232 g/mol. The third-order valence-electron chi connectivity index (χ3n) is 2.98. The SMILES string of the molecule is CC1(c2ccc(O)cc2)NCCC1F.Cl. The number of phenolic OH excluding ortho intramolecular Hbond substituents is 1. The molecule has 2 atom stereocenters. The van der Waals surface area contributed by atoms with E-state index >= 15 is 0 Å². The number of rotatable bonds is 1. The highest BCUT2D eigenvalue weighted by atomic mass is 35.5. The molecular weight excluding hydrogens is 217 g/mol. The van der Waals surface area contributed by atoms with Crippen LogP contribution in [0.1, 0.15) is 18.9 Å². The van der Waals surface area contributed by atoms with Crippen molar-refractivity contribution in [2.45, 2.75) is 25.1 Å². The Labute approximate surface area is 94.9 Å². The zero-order valence-corrected chi connectivity index (χ0v) is 9.35. The van der Waals surface area contributed by atoms with Crippen LogP contribution in [0.25, 0.3) is 0 Å². The highest BCUT2D eigenvalue weighted by molar-refractivity contribution is 5.85. The van der Waals surface area contributed by atoms with Gasteiger partial charge in [-0.05, 0) is 37.6 Å². The van der Waals surface area contributed by atoms with Crippen LogP contribution in [0.4, 0.5) is 4.39 Å². The molecular formula is C11H15ClFNO. The van der Waals surface area contributed by atoms with Gasteiger partial charge in [-0.1, -0.05) is 12.1 Å². The fraction of sp³-hybridized carbons (Fsp3) is 0.455. The summed E-state index contributed by atoms with van der Waals surface area (Å²) >= 11 is 0. The molecule has 1 fully saturated rings. The molecule has 2 nitrogen and oxygen atoms in total. The number of hydrogen-bond donors (Lipinski definition) is 2. The first kappa shape index (κ1) is 12.3. The third-order valence-corrected chi connectivity index (χ3v) is 2.98. The van der Waals surface area contributed by atoms with Gasteiger partial charge < -0.3 is 10.4 Å². The lowest BCUT2D eigenvalue weighted by molar-refractivity contribution is 0.220. The molecule has 2 N–H and O–H groups in total. The van der Waals surface area contributed by atoms with Gasteiger partial charge in [-0.2, -0.15) is 0 Å². The molecule has 1 aliphatic rings. The molecule has 84 valence electrons. The summed E-state index contributed by atoms with van der Waals surface area (Å²) in [5.74, 6) is 0.214. The van der Waals surface area contributed by atoms with E-state index in [4.69, 9.17) is 5.11 Å². The van der Waals surface area contributed by atoms with Gasteiger partial charge in [-0.15, -0.1) is 12.4 Å². The van der Waals surface area contributed by atoms with Crippen molar-refractivity contribution in [3.8, 4) is 5.75 Å². The van der Waals surface area contributed by atoms with Crippen molar-refractivity contribution in [1.29, 1.82) is 0 Å². The van der Waals surface area contributed by atoms with E-state index in [0.717, 1.165) is 5.56 Å². The molecule has 1 aliphatic heterocycles. The van der Waals surface area contributed by atoms with Gasteiger partial charge in [0.2, 0.25) is 0 Å². The van der Waals surface area contributed by atoms with E-state index in [1.807, 2.05) is 6.92 Å². The number of hydrogen-bond acceptors (Lipinski definition) is 2. The molecule has 2 unspecified atom stereocenters. The van der Waals surface area contributed by atoms with Crippen LogP contribution in [0.3, 0.4) is 0 Å². The second kappa shape index (κ2) is 4.37.